The van der Waals surface area contributed by atoms with Gasteiger partial charge in [0.1, 0.15) is 18.5 Å². The van der Waals surface area contributed by atoms with Gasteiger partial charge in [-0.3, -0.25) is 4.79 Å². The number of carbonyl (C=O) groups excluding carboxylic acids is 1. The van der Waals surface area contributed by atoms with Crippen LogP contribution in [0.5, 0.6) is 5.75 Å². The second-order valence-electron chi connectivity index (χ2n) is 5.84. The van der Waals surface area contributed by atoms with Gasteiger partial charge in [-0.2, -0.15) is 5.26 Å². The molecule has 1 atom stereocenters. The van der Waals surface area contributed by atoms with Crippen molar-refractivity contribution in [3.8, 4) is 11.8 Å². The molecule has 0 bridgehead atoms. The van der Waals surface area contributed by atoms with Crippen LogP contribution in [0.25, 0.3) is 10.8 Å². The number of ether oxygens (including phenoxy) is 1. The zero-order valence-electron chi connectivity index (χ0n) is 13.8. The number of fused-ring (bicyclic) bond motifs is 1. The Morgan fingerprint density at radius 1 is 1.08 bits per heavy atom. The van der Waals surface area contributed by atoms with Crippen LogP contribution in [0.4, 0.5) is 0 Å². The molecule has 124 valence electrons. The molecule has 3 rings (SSSR count). The van der Waals surface area contributed by atoms with Gasteiger partial charge in [-0.15, -0.1) is 0 Å². The molecule has 0 aromatic heterocycles. The van der Waals surface area contributed by atoms with Crippen LogP contribution < -0.4 is 4.74 Å². The molecule has 0 heterocycles. The maximum atomic E-state index is 11.4. The summed E-state index contributed by atoms with van der Waals surface area (Å²) < 4.78 is 5.68. The molecular formula is C21H17NO3. The number of nitrogens with zero attached hydrogens (tertiary/aromatic N) is 1. The van der Waals surface area contributed by atoms with E-state index in [2.05, 4.69) is 0 Å². The Kier molecular flexibility index (Phi) is 4.78. The van der Waals surface area contributed by atoms with Crippen molar-refractivity contribution in [2.75, 3.05) is 6.61 Å². The SMILES string of the molecule is CC(=O)c1ccc2cc(OCC(O)c3ccc(C#N)cc3)ccc2c1. The van der Waals surface area contributed by atoms with E-state index in [0.717, 1.165) is 10.8 Å². The molecule has 4 nitrogen and oxygen atoms in total. The molecule has 0 saturated carbocycles. The van der Waals surface area contributed by atoms with Gasteiger partial charge in [-0.25, -0.2) is 0 Å². The maximum absolute atomic E-state index is 11.4. The fourth-order valence-corrected chi connectivity index (χ4v) is 2.58. The van der Waals surface area contributed by atoms with Gasteiger partial charge >= 0.3 is 0 Å². The monoisotopic (exact) mass is 331 g/mol. The molecule has 0 aliphatic carbocycles. The molecule has 0 fully saturated rings. The minimum absolute atomic E-state index is 0.0350. The molecule has 0 amide bonds. The number of aliphatic hydroxyl groups is 1. The quantitative estimate of drug-likeness (QED) is 0.717. The van der Waals surface area contributed by atoms with E-state index in [-0.39, 0.29) is 12.4 Å². The zero-order valence-corrected chi connectivity index (χ0v) is 13.8. The molecule has 1 unspecified atom stereocenters. The van der Waals surface area contributed by atoms with Crippen LogP contribution in [-0.2, 0) is 0 Å². The van der Waals surface area contributed by atoms with Gasteiger partial charge in [0, 0.05) is 5.56 Å². The first kappa shape index (κ1) is 16.7. The summed E-state index contributed by atoms with van der Waals surface area (Å²) in [6, 6.07) is 19.9. The van der Waals surface area contributed by atoms with Gasteiger partial charge in [0.2, 0.25) is 0 Å². The summed E-state index contributed by atoms with van der Waals surface area (Å²) in [7, 11) is 0. The predicted octanol–water partition coefficient (Wildman–Crippen LogP) is 4.03. The number of hydrogen-bond donors (Lipinski definition) is 1. The fraction of sp³-hybridized carbons (Fsp3) is 0.143. The van der Waals surface area contributed by atoms with E-state index in [4.69, 9.17) is 10.00 Å². The lowest BCUT2D eigenvalue weighted by Crippen LogP contribution is -2.09. The largest absolute Gasteiger partial charge is 0.491 e. The number of ketones is 1. The average Bonchev–Trinajstić information content (AvgIpc) is 2.65. The van der Waals surface area contributed by atoms with Gasteiger partial charge in [0.05, 0.1) is 11.6 Å². The van der Waals surface area contributed by atoms with Crippen molar-refractivity contribution in [1.82, 2.24) is 0 Å². The lowest BCUT2D eigenvalue weighted by molar-refractivity contribution is 0.101. The van der Waals surface area contributed by atoms with Crippen LogP contribution in [0.2, 0.25) is 0 Å². The summed E-state index contributed by atoms with van der Waals surface area (Å²) in [5, 5.41) is 20.9. The van der Waals surface area contributed by atoms with Crippen LogP contribution in [0.3, 0.4) is 0 Å². The first-order valence-corrected chi connectivity index (χ1v) is 7.92. The van der Waals surface area contributed by atoms with Crippen molar-refractivity contribution in [3.05, 3.63) is 77.4 Å². The van der Waals surface area contributed by atoms with Crippen LogP contribution in [-0.4, -0.2) is 17.5 Å². The molecule has 0 saturated heterocycles. The first-order chi connectivity index (χ1) is 12.1. The summed E-state index contributed by atoms with van der Waals surface area (Å²) in [6.07, 6.45) is -0.775. The van der Waals surface area contributed by atoms with E-state index in [9.17, 15) is 9.90 Å². The number of benzene rings is 3. The topological polar surface area (TPSA) is 70.3 Å². The van der Waals surface area contributed by atoms with E-state index < -0.39 is 6.10 Å². The third kappa shape index (κ3) is 3.85. The Labute approximate surface area is 145 Å². The first-order valence-electron chi connectivity index (χ1n) is 7.92. The van der Waals surface area contributed by atoms with Crippen molar-refractivity contribution in [1.29, 1.82) is 5.26 Å². The van der Waals surface area contributed by atoms with Crippen molar-refractivity contribution < 1.29 is 14.6 Å². The summed E-state index contributed by atoms with van der Waals surface area (Å²) in [4.78, 5) is 11.4. The second-order valence-corrected chi connectivity index (χ2v) is 5.84. The van der Waals surface area contributed by atoms with Crippen molar-refractivity contribution >= 4 is 16.6 Å². The molecule has 3 aromatic rings. The Hall–Kier alpha value is -3.16. The van der Waals surface area contributed by atoms with E-state index in [1.165, 1.54) is 0 Å². The lowest BCUT2D eigenvalue weighted by atomic mass is 10.0. The smallest absolute Gasteiger partial charge is 0.159 e. The number of nitriles is 1. The number of rotatable bonds is 5. The summed E-state index contributed by atoms with van der Waals surface area (Å²) in [6.45, 7) is 1.66. The van der Waals surface area contributed by atoms with Crippen LogP contribution in [0, 0.1) is 11.3 Å². The second kappa shape index (κ2) is 7.16. The highest BCUT2D eigenvalue weighted by Gasteiger charge is 2.09. The molecular weight excluding hydrogens is 314 g/mol. The molecule has 0 spiro atoms. The highest BCUT2D eigenvalue weighted by molar-refractivity contribution is 5.98. The Morgan fingerprint density at radius 3 is 2.44 bits per heavy atom. The van der Waals surface area contributed by atoms with Gasteiger partial charge < -0.3 is 9.84 Å². The number of carbonyl (C=O) groups is 1. The molecule has 1 N–H and O–H groups in total. The number of hydrogen-bond acceptors (Lipinski definition) is 4. The van der Waals surface area contributed by atoms with E-state index >= 15 is 0 Å². The van der Waals surface area contributed by atoms with E-state index in [1.54, 1.807) is 37.3 Å². The minimum atomic E-state index is -0.775. The molecule has 3 aromatic carbocycles. The van der Waals surface area contributed by atoms with E-state index in [0.29, 0.717) is 22.4 Å². The Balaban J connectivity index is 1.71. The third-order valence-corrected chi connectivity index (χ3v) is 4.05. The molecule has 0 aliphatic heterocycles. The van der Waals surface area contributed by atoms with Crippen LogP contribution >= 0.6 is 0 Å². The summed E-state index contributed by atoms with van der Waals surface area (Å²) >= 11 is 0. The Bertz CT molecular complexity index is 955. The summed E-state index contributed by atoms with van der Waals surface area (Å²) in [5.74, 6) is 0.684. The lowest BCUT2D eigenvalue weighted by Gasteiger charge is -2.13. The van der Waals surface area contributed by atoms with Gasteiger partial charge in [0.25, 0.3) is 0 Å². The van der Waals surface area contributed by atoms with Gasteiger partial charge in [-0.1, -0.05) is 30.3 Å². The van der Waals surface area contributed by atoms with Gasteiger partial charge in [-0.05, 0) is 53.6 Å². The molecule has 25 heavy (non-hydrogen) atoms. The predicted molar refractivity (Wildman–Crippen MR) is 95.6 cm³/mol. The molecule has 4 heteroatoms. The van der Waals surface area contributed by atoms with Crippen molar-refractivity contribution in [3.63, 3.8) is 0 Å². The third-order valence-electron chi connectivity index (χ3n) is 4.05. The Morgan fingerprint density at radius 2 is 1.76 bits per heavy atom. The minimum Gasteiger partial charge on any atom is -0.491 e. The van der Waals surface area contributed by atoms with Crippen LogP contribution in [0.15, 0.2) is 60.7 Å². The standard InChI is InChI=1S/C21H17NO3/c1-14(23)17-6-7-19-11-20(9-8-18(19)10-17)25-13-21(24)16-4-2-15(12-22)3-5-16/h2-11,21,24H,13H2,1H3. The van der Waals surface area contributed by atoms with Gasteiger partial charge in [0.15, 0.2) is 5.78 Å². The van der Waals surface area contributed by atoms with Crippen molar-refractivity contribution in [2.24, 2.45) is 0 Å². The zero-order chi connectivity index (χ0) is 17.8. The maximum Gasteiger partial charge on any atom is 0.159 e. The molecule has 0 aliphatic rings. The van der Waals surface area contributed by atoms with E-state index in [1.807, 2.05) is 36.4 Å². The fourth-order valence-electron chi connectivity index (χ4n) is 2.58. The van der Waals surface area contributed by atoms with Crippen LogP contribution in [0.1, 0.15) is 34.5 Å². The normalized spacial score (nSPS) is 11.7. The molecule has 0 radical (unpaired) electrons. The number of aliphatic hydroxyl groups excluding tert-OH is 1. The highest BCUT2D eigenvalue weighted by Crippen LogP contribution is 2.23. The van der Waals surface area contributed by atoms with Crippen molar-refractivity contribution in [2.45, 2.75) is 13.0 Å². The summed E-state index contributed by atoms with van der Waals surface area (Å²) in [5.41, 5.74) is 1.93. The average molecular weight is 331 g/mol. The number of Topliss-reactive ketones (excluding diaryl/α,β-unsaturated/α-hetero) is 1. The highest BCUT2D eigenvalue weighted by atomic mass is 16.5.